The highest BCUT2D eigenvalue weighted by molar-refractivity contribution is 6.09. The SMILES string of the molecule is CC1=C(OC(=O)c2cccnc2)C(=O)C=C2C1=CC=C1C2(C)CCC2(C)C3CC(C)C(=O)CC3(C)CCC12C. The summed E-state index contributed by atoms with van der Waals surface area (Å²) in [5.41, 5.74) is 4.33. The molecule has 6 rings (SSSR count). The van der Waals surface area contributed by atoms with E-state index in [9.17, 15) is 14.4 Å². The number of rotatable bonds is 2. The van der Waals surface area contributed by atoms with Gasteiger partial charge >= 0.3 is 5.97 Å². The van der Waals surface area contributed by atoms with E-state index in [-0.39, 0.29) is 39.1 Å². The van der Waals surface area contributed by atoms with Crippen LogP contribution in [0.2, 0.25) is 0 Å². The van der Waals surface area contributed by atoms with Crippen molar-refractivity contribution in [2.45, 2.75) is 80.1 Å². The Morgan fingerprint density at radius 1 is 1.05 bits per heavy atom. The van der Waals surface area contributed by atoms with Gasteiger partial charge in [-0.2, -0.15) is 0 Å². The summed E-state index contributed by atoms with van der Waals surface area (Å²) in [4.78, 5) is 43.0. The highest BCUT2D eigenvalue weighted by Gasteiger charge is 2.66. The van der Waals surface area contributed by atoms with Gasteiger partial charge in [0.25, 0.3) is 0 Å². The van der Waals surface area contributed by atoms with Gasteiger partial charge in [-0.1, -0.05) is 52.3 Å². The van der Waals surface area contributed by atoms with Crippen molar-refractivity contribution in [2.24, 2.45) is 33.5 Å². The number of carbonyl (C=O) groups is 3. The van der Waals surface area contributed by atoms with Crippen LogP contribution in [0.5, 0.6) is 0 Å². The Labute approximate surface area is 231 Å². The molecule has 5 aliphatic rings. The van der Waals surface area contributed by atoms with Gasteiger partial charge in [-0.25, -0.2) is 4.79 Å². The van der Waals surface area contributed by atoms with Crippen molar-refractivity contribution < 1.29 is 19.1 Å². The number of allylic oxidation sites excluding steroid dienone is 7. The number of ketones is 2. The number of nitrogens with zero attached hydrogens (tertiary/aromatic N) is 1. The third-order valence-electron chi connectivity index (χ3n) is 11.8. The second-order valence-electron chi connectivity index (χ2n) is 13.7. The molecule has 0 bridgehead atoms. The van der Waals surface area contributed by atoms with Crippen LogP contribution in [0.4, 0.5) is 0 Å². The van der Waals surface area contributed by atoms with E-state index in [2.05, 4.69) is 51.8 Å². The van der Waals surface area contributed by atoms with Gasteiger partial charge in [0.1, 0.15) is 5.78 Å². The fraction of sp³-hybridized carbons (Fsp3) is 0.529. The van der Waals surface area contributed by atoms with Crippen LogP contribution in [0.15, 0.2) is 70.8 Å². The Hall–Kier alpha value is -3.08. The predicted molar refractivity (Wildman–Crippen MR) is 149 cm³/mol. The maximum absolute atomic E-state index is 13.5. The predicted octanol–water partition coefficient (Wildman–Crippen LogP) is 7.12. The molecule has 5 nitrogen and oxygen atoms in total. The molecule has 0 amide bonds. The maximum atomic E-state index is 13.5. The van der Waals surface area contributed by atoms with Crippen LogP contribution in [0, 0.1) is 33.5 Å². The number of fused-ring (bicyclic) bond motifs is 7. The number of Topliss-reactive ketones (excluding diaryl/α,β-unsaturated/α-hetero) is 1. The van der Waals surface area contributed by atoms with Gasteiger partial charge in [0.05, 0.1) is 5.56 Å². The van der Waals surface area contributed by atoms with E-state index in [1.807, 2.05) is 6.92 Å². The topological polar surface area (TPSA) is 73.3 Å². The Kier molecular flexibility index (Phi) is 5.67. The molecule has 5 aliphatic carbocycles. The molecule has 1 aromatic rings. The number of aromatic nitrogens is 1. The van der Waals surface area contributed by atoms with E-state index in [4.69, 9.17) is 4.74 Å². The summed E-state index contributed by atoms with van der Waals surface area (Å²) in [6, 6.07) is 3.31. The zero-order chi connectivity index (χ0) is 28.0. The summed E-state index contributed by atoms with van der Waals surface area (Å²) in [6.45, 7) is 13.6. The fourth-order valence-corrected chi connectivity index (χ4v) is 9.14. The molecule has 1 heterocycles. The molecule has 0 aromatic carbocycles. The van der Waals surface area contributed by atoms with Gasteiger partial charge < -0.3 is 4.74 Å². The number of hydrogen-bond acceptors (Lipinski definition) is 5. The van der Waals surface area contributed by atoms with Gasteiger partial charge in [0, 0.05) is 35.7 Å². The fourth-order valence-electron chi connectivity index (χ4n) is 9.14. The molecule has 5 heteroatoms. The summed E-state index contributed by atoms with van der Waals surface area (Å²) in [7, 11) is 0. The van der Waals surface area contributed by atoms with Crippen LogP contribution >= 0.6 is 0 Å². The van der Waals surface area contributed by atoms with Crippen LogP contribution in [-0.2, 0) is 14.3 Å². The van der Waals surface area contributed by atoms with Crippen LogP contribution in [0.25, 0.3) is 0 Å². The molecule has 39 heavy (non-hydrogen) atoms. The summed E-state index contributed by atoms with van der Waals surface area (Å²) < 4.78 is 5.65. The smallest absolute Gasteiger partial charge is 0.345 e. The Morgan fingerprint density at radius 2 is 1.82 bits per heavy atom. The molecule has 0 radical (unpaired) electrons. The largest absolute Gasteiger partial charge is 0.418 e. The van der Waals surface area contributed by atoms with E-state index in [1.165, 1.54) is 11.8 Å². The van der Waals surface area contributed by atoms with Crippen molar-refractivity contribution in [3.05, 3.63) is 76.4 Å². The molecule has 3 saturated carbocycles. The molecule has 204 valence electrons. The minimum atomic E-state index is -0.576. The third-order valence-corrected chi connectivity index (χ3v) is 11.8. The average Bonchev–Trinajstić information content (AvgIpc) is 2.90. The highest BCUT2D eigenvalue weighted by atomic mass is 16.5. The van der Waals surface area contributed by atoms with Gasteiger partial charge in [-0.05, 0) is 90.5 Å². The van der Waals surface area contributed by atoms with Crippen LogP contribution in [0.3, 0.4) is 0 Å². The molecule has 6 atom stereocenters. The van der Waals surface area contributed by atoms with Crippen molar-refractivity contribution in [3.8, 4) is 0 Å². The molecule has 1 aromatic heterocycles. The lowest BCUT2D eigenvalue weighted by Gasteiger charge is -2.69. The Balaban J connectivity index is 1.39. The lowest BCUT2D eigenvalue weighted by Crippen LogP contribution is -2.61. The van der Waals surface area contributed by atoms with Crippen molar-refractivity contribution in [3.63, 3.8) is 0 Å². The minimum absolute atomic E-state index is 0.0269. The van der Waals surface area contributed by atoms with E-state index >= 15 is 0 Å². The second kappa shape index (κ2) is 8.46. The molecular weight excluding hydrogens is 486 g/mol. The number of esters is 1. The Bertz CT molecular complexity index is 1430. The van der Waals surface area contributed by atoms with Gasteiger partial charge in [0.2, 0.25) is 5.78 Å². The molecule has 0 spiro atoms. The molecule has 3 fully saturated rings. The molecule has 0 aliphatic heterocycles. The summed E-state index contributed by atoms with van der Waals surface area (Å²) in [5, 5.41) is 0. The Morgan fingerprint density at radius 3 is 2.54 bits per heavy atom. The molecule has 0 saturated heterocycles. The van der Waals surface area contributed by atoms with Crippen molar-refractivity contribution in [1.29, 1.82) is 0 Å². The van der Waals surface area contributed by atoms with Crippen molar-refractivity contribution in [2.75, 3.05) is 0 Å². The molecule has 6 unspecified atom stereocenters. The summed E-state index contributed by atoms with van der Waals surface area (Å²) in [6.07, 6.45) is 15.0. The standard InChI is InChI=1S/C34H39NO4/c1-20-16-28-31(3,18-26(20)37)11-13-33(5)27-10-9-23-21(2)29(39-30(38)22-8-7-15-35-19-22)25(36)17-24(23)32(27,4)12-14-34(28,33)6/h7-10,15,17,19-20,28H,11-14,16,18H2,1-6H3. The highest BCUT2D eigenvalue weighted by Crippen LogP contribution is 2.74. The van der Waals surface area contributed by atoms with Crippen LogP contribution in [0.1, 0.15) is 90.4 Å². The van der Waals surface area contributed by atoms with Crippen LogP contribution in [-0.4, -0.2) is 22.5 Å². The van der Waals surface area contributed by atoms with Crippen LogP contribution < -0.4 is 0 Å². The van der Waals surface area contributed by atoms with Gasteiger partial charge in [0.15, 0.2) is 5.76 Å². The zero-order valence-electron chi connectivity index (χ0n) is 24.0. The van der Waals surface area contributed by atoms with Gasteiger partial charge in [-0.3, -0.25) is 14.6 Å². The van der Waals surface area contributed by atoms with E-state index in [0.29, 0.717) is 29.3 Å². The number of ether oxygens (including phenoxy) is 1. The van der Waals surface area contributed by atoms with Crippen molar-refractivity contribution >= 4 is 17.5 Å². The average molecular weight is 526 g/mol. The summed E-state index contributed by atoms with van der Waals surface area (Å²) >= 11 is 0. The van der Waals surface area contributed by atoms with E-state index in [0.717, 1.165) is 43.3 Å². The first kappa shape index (κ1) is 26.2. The minimum Gasteiger partial charge on any atom is -0.418 e. The number of pyridine rings is 1. The van der Waals surface area contributed by atoms with Crippen molar-refractivity contribution in [1.82, 2.24) is 4.98 Å². The number of carbonyl (C=O) groups excluding carboxylic acids is 3. The normalized spacial score (nSPS) is 39.4. The quantitative estimate of drug-likeness (QED) is 0.385. The summed E-state index contributed by atoms with van der Waals surface area (Å²) in [5.74, 6) is 0.317. The zero-order valence-corrected chi connectivity index (χ0v) is 24.0. The first-order valence-corrected chi connectivity index (χ1v) is 14.4. The third kappa shape index (κ3) is 3.50. The lowest BCUT2D eigenvalue weighted by atomic mass is 9.35. The van der Waals surface area contributed by atoms with E-state index in [1.54, 1.807) is 24.4 Å². The molecular formula is C34H39NO4. The monoisotopic (exact) mass is 525 g/mol. The number of hydrogen-bond donors (Lipinski definition) is 0. The maximum Gasteiger partial charge on any atom is 0.345 e. The van der Waals surface area contributed by atoms with Gasteiger partial charge in [-0.15, -0.1) is 0 Å². The first-order chi connectivity index (χ1) is 18.3. The van der Waals surface area contributed by atoms with E-state index < -0.39 is 5.97 Å². The second-order valence-corrected chi connectivity index (χ2v) is 13.7. The molecule has 0 N–H and O–H groups in total. The first-order valence-electron chi connectivity index (χ1n) is 14.4. The lowest BCUT2D eigenvalue weighted by molar-refractivity contribution is -0.161.